The predicted octanol–water partition coefficient (Wildman–Crippen LogP) is 4.01. The summed E-state index contributed by atoms with van der Waals surface area (Å²) in [5.74, 6) is 6.29. The summed E-state index contributed by atoms with van der Waals surface area (Å²) < 4.78 is 0. The summed E-state index contributed by atoms with van der Waals surface area (Å²) in [7, 11) is 0. The van der Waals surface area contributed by atoms with E-state index in [9.17, 15) is 4.79 Å². The maximum Gasteiger partial charge on any atom is 0.159 e. The number of carbonyl (C=O) groups is 1. The molecule has 1 nitrogen and oxygen atoms in total. The van der Waals surface area contributed by atoms with Gasteiger partial charge in [-0.25, -0.2) is 0 Å². The maximum absolute atomic E-state index is 11.2. The number of Topliss-reactive ketones (excluding diaryl/α,β-unsaturated/α-hetero) is 1. The van der Waals surface area contributed by atoms with Gasteiger partial charge >= 0.3 is 0 Å². The average molecular weight is 266 g/mol. The second kappa shape index (κ2) is 6.26. The SMILES string of the molecule is CSc1ccc(C#Cc2ccc(C(C)=O)cc2)cc1. The molecule has 2 heteroatoms. The Morgan fingerprint density at radius 1 is 0.895 bits per heavy atom. The Balaban J connectivity index is 2.16. The highest BCUT2D eigenvalue weighted by atomic mass is 32.2. The molecule has 2 aromatic rings. The molecule has 0 bridgehead atoms. The van der Waals surface area contributed by atoms with Crippen LogP contribution in [0.3, 0.4) is 0 Å². The van der Waals surface area contributed by atoms with E-state index in [2.05, 4.69) is 30.2 Å². The van der Waals surface area contributed by atoms with Gasteiger partial charge < -0.3 is 0 Å². The van der Waals surface area contributed by atoms with Crippen molar-refractivity contribution in [3.8, 4) is 11.8 Å². The second-order valence-corrected chi connectivity index (χ2v) is 4.99. The van der Waals surface area contributed by atoms with E-state index in [0.717, 1.165) is 16.7 Å². The lowest BCUT2D eigenvalue weighted by Crippen LogP contribution is -1.90. The Labute approximate surface area is 118 Å². The molecule has 0 fully saturated rings. The Morgan fingerprint density at radius 3 is 1.79 bits per heavy atom. The lowest BCUT2D eigenvalue weighted by Gasteiger charge is -1.96. The van der Waals surface area contributed by atoms with E-state index in [1.165, 1.54) is 4.90 Å². The van der Waals surface area contributed by atoms with Gasteiger partial charge in [-0.3, -0.25) is 4.79 Å². The molecule has 2 aromatic carbocycles. The van der Waals surface area contributed by atoms with Crippen LogP contribution in [0.15, 0.2) is 53.4 Å². The third-order valence-corrected chi connectivity index (χ3v) is 3.48. The molecule has 0 spiro atoms. The molecule has 0 saturated heterocycles. The molecule has 2 rings (SSSR count). The van der Waals surface area contributed by atoms with Crippen molar-refractivity contribution in [2.45, 2.75) is 11.8 Å². The Hall–Kier alpha value is -1.98. The van der Waals surface area contributed by atoms with Crippen LogP contribution >= 0.6 is 11.8 Å². The number of thioether (sulfide) groups is 1. The third-order valence-electron chi connectivity index (χ3n) is 2.73. The molecular weight excluding hydrogens is 252 g/mol. The molecule has 0 unspecified atom stereocenters. The zero-order chi connectivity index (χ0) is 13.7. The molecule has 0 saturated carbocycles. The van der Waals surface area contributed by atoms with Crippen molar-refractivity contribution < 1.29 is 4.79 Å². The quantitative estimate of drug-likeness (QED) is 0.464. The summed E-state index contributed by atoms with van der Waals surface area (Å²) in [4.78, 5) is 12.4. The number of rotatable bonds is 2. The van der Waals surface area contributed by atoms with Crippen molar-refractivity contribution >= 4 is 17.5 Å². The molecule has 0 aliphatic heterocycles. The molecule has 0 aliphatic rings. The van der Waals surface area contributed by atoms with Gasteiger partial charge in [-0.15, -0.1) is 11.8 Å². The Kier molecular flexibility index (Phi) is 4.43. The van der Waals surface area contributed by atoms with E-state index >= 15 is 0 Å². The highest BCUT2D eigenvalue weighted by Crippen LogP contribution is 2.14. The molecule has 0 radical (unpaired) electrons. The summed E-state index contributed by atoms with van der Waals surface area (Å²) in [6, 6.07) is 15.5. The van der Waals surface area contributed by atoms with Crippen LogP contribution in [0.5, 0.6) is 0 Å². The topological polar surface area (TPSA) is 17.1 Å². The number of hydrogen-bond donors (Lipinski definition) is 0. The van der Waals surface area contributed by atoms with Crippen molar-refractivity contribution in [3.05, 3.63) is 65.2 Å². The molecule has 0 N–H and O–H groups in total. The van der Waals surface area contributed by atoms with Crippen LogP contribution in [0.25, 0.3) is 0 Å². The van der Waals surface area contributed by atoms with E-state index in [0.29, 0.717) is 0 Å². The first-order chi connectivity index (χ1) is 9.19. The van der Waals surface area contributed by atoms with Gasteiger partial charge in [0.25, 0.3) is 0 Å². The molecule has 0 amide bonds. The first-order valence-electron chi connectivity index (χ1n) is 5.96. The minimum absolute atomic E-state index is 0.0761. The fourth-order valence-corrected chi connectivity index (χ4v) is 2.02. The van der Waals surface area contributed by atoms with Crippen molar-refractivity contribution in [2.24, 2.45) is 0 Å². The van der Waals surface area contributed by atoms with Crippen molar-refractivity contribution in [3.63, 3.8) is 0 Å². The normalized spacial score (nSPS) is 9.58. The number of carbonyl (C=O) groups excluding carboxylic acids is 1. The van der Waals surface area contributed by atoms with Gasteiger partial charge in [0, 0.05) is 21.6 Å². The average Bonchev–Trinajstić information content (AvgIpc) is 2.46. The van der Waals surface area contributed by atoms with Gasteiger partial charge in [-0.2, -0.15) is 0 Å². The zero-order valence-electron chi connectivity index (χ0n) is 10.9. The number of ketones is 1. The van der Waals surface area contributed by atoms with E-state index < -0.39 is 0 Å². The van der Waals surface area contributed by atoms with Crippen LogP contribution in [0.1, 0.15) is 28.4 Å². The first kappa shape index (κ1) is 13.5. The Morgan fingerprint density at radius 2 is 1.37 bits per heavy atom. The van der Waals surface area contributed by atoms with Gasteiger partial charge in [0.2, 0.25) is 0 Å². The standard InChI is InChI=1S/C17H14OS/c1-13(18)16-9-5-14(6-10-16)3-4-15-7-11-17(19-2)12-8-15/h5-12H,1-2H3. The largest absolute Gasteiger partial charge is 0.295 e. The van der Waals surface area contributed by atoms with Crippen LogP contribution in [-0.4, -0.2) is 12.0 Å². The van der Waals surface area contributed by atoms with Gasteiger partial charge in [-0.1, -0.05) is 24.0 Å². The second-order valence-electron chi connectivity index (χ2n) is 4.11. The van der Waals surface area contributed by atoms with E-state index in [1.807, 2.05) is 36.4 Å². The smallest absolute Gasteiger partial charge is 0.159 e. The summed E-state index contributed by atoms with van der Waals surface area (Å²) in [5, 5.41) is 0. The van der Waals surface area contributed by atoms with Crippen LogP contribution in [0, 0.1) is 11.8 Å². The molecule has 0 heterocycles. The van der Waals surface area contributed by atoms with Crippen molar-refractivity contribution in [2.75, 3.05) is 6.26 Å². The lowest BCUT2D eigenvalue weighted by molar-refractivity contribution is 0.101. The van der Waals surface area contributed by atoms with Crippen LogP contribution in [-0.2, 0) is 0 Å². The third kappa shape index (κ3) is 3.74. The van der Waals surface area contributed by atoms with Crippen molar-refractivity contribution in [1.82, 2.24) is 0 Å². The molecule has 0 aromatic heterocycles. The van der Waals surface area contributed by atoms with Crippen LogP contribution < -0.4 is 0 Å². The first-order valence-corrected chi connectivity index (χ1v) is 7.18. The van der Waals surface area contributed by atoms with E-state index in [-0.39, 0.29) is 5.78 Å². The Bertz CT molecular complexity index is 628. The number of benzene rings is 2. The highest BCUT2D eigenvalue weighted by Gasteiger charge is 1.97. The fourth-order valence-electron chi connectivity index (χ4n) is 1.61. The van der Waals surface area contributed by atoms with Gasteiger partial charge in [0.05, 0.1) is 0 Å². The van der Waals surface area contributed by atoms with Crippen LogP contribution in [0.4, 0.5) is 0 Å². The molecule has 94 valence electrons. The van der Waals surface area contributed by atoms with Crippen LogP contribution in [0.2, 0.25) is 0 Å². The fraction of sp³-hybridized carbons (Fsp3) is 0.118. The molecule has 0 atom stereocenters. The van der Waals surface area contributed by atoms with E-state index in [1.54, 1.807) is 18.7 Å². The lowest BCUT2D eigenvalue weighted by atomic mass is 10.1. The monoisotopic (exact) mass is 266 g/mol. The van der Waals surface area contributed by atoms with Gasteiger partial charge in [-0.05, 0) is 49.6 Å². The molecule has 0 aliphatic carbocycles. The van der Waals surface area contributed by atoms with Crippen molar-refractivity contribution in [1.29, 1.82) is 0 Å². The molecule has 19 heavy (non-hydrogen) atoms. The van der Waals surface area contributed by atoms with Gasteiger partial charge in [0.15, 0.2) is 5.78 Å². The minimum Gasteiger partial charge on any atom is -0.295 e. The predicted molar refractivity (Wildman–Crippen MR) is 80.6 cm³/mol. The summed E-state index contributed by atoms with van der Waals surface area (Å²) in [6.07, 6.45) is 2.05. The number of hydrogen-bond acceptors (Lipinski definition) is 2. The summed E-state index contributed by atoms with van der Waals surface area (Å²) in [6.45, 7) is 1.56. The molecular formula is C17H14OS. The highest BCUT2D eigenvalue weighted by molar-refractivity contribution is 7.98. The minimum atomic E-state index is 0.0761. The van der Waals surface area contributed by atoms with Gasteiger partial charge in [0.1, 0.15) is 0 Å². The summed E-state index contributed by atoms with van der Waals surface area (Å²) in [5.41, 5.74) is 2.63. The zero-order valence-corrected chi connectivity index (χ0v) is 11.8. The maximum atomic E-state index is 11.2. The van der Waals surface area contributed by atoms with E-state index in [4.69, 9.17) is 0 Å². The summed E-state index contributed by atoms with van der Waals surface area (Å²) >= 11 is 1.72.